The Morgan fingerprint density at radius 2 is 1.80 bits per heavy atom. The van der Waals surface area contributed by atoms with E-state index in [9.17, 15) is 14.8 Å². The van der Waals surface area contributed by atoms with Crippen molar-refractivity contribution in [1.82, 2.24) is 5.32 Å². The molecule has 1 saturated carbocycles. The minimum atomic E-state index is -0.806. The summed E-state index contributed by atoms with van der Waals surface area (Å²) < 4.78 is 5.17. The SMILES string of the molecule is C=C(CC(=O)N[C@@H](Cc1ccccc1)C(=O)OC(C)(C)C)[N+](C)(O)C1CCCCC1. The Morgan fingerprint density at radius 3 is 2.37 bits per heavy atom. The molecule has 1 aliphatic carbocycles. The van der Waals surface area contributed by atoms with Gasteiger partial charge < -0.3 is 10.1 Å². The molecule has 1 fully saturated rings. The Kier molecular flexibility index (Phi) is 8.21. The van der Waals surface area contributed by atoms with E-state index in [0.29, 0.717) is 12.1 Å². The van der Waals surface area contributed by atoms with Crippen LogP contribution in [-0.4, -0.2) is 46.5 Å². The van der Waals surface area contributed by atoms with Crippen molar-refractivity contribution in [3.05, 3.63) is 48.2 Å². The molecule has 0 aliphatic heterocycles. The number of rotatable bonds is 8. The second kappa shape index (κ2) is 10.2. The van der Waals surface area contributed by atoms with Crippen LogP contribution in [0.3, 0.4) is 0 Å². The number of hydrogen-bond acceptors (Lipinski definition) is 4. The normalized spacial score (nSPS) is 18.2. The summed E-state index contributed by atoms with van der Waals surface area (Å²) in [5.74, 6) is -0.820. The number of nitrogens with zero attached hydrogens (tertiary/aromatic N) is 1. The molecular formula is C24H37N2O4+. The average Bonchev–Trinajstić information content (AvgIpc) is 2.67. The number of amides is 1. The first kappa shape index (κ1) is 24.1. The number of carbonyl (C=O) groups is 2. The summed E-state index contributed by atoms with van der Waals surface area (Å²) in [6.45, 7) is 9.38. The predicted molar refractivity (Wildman–Crippen MR) is 117 cm³/mol. The van der Waals surface area contributed by atoms with Gasteiger partial charge in [0, 0.05) is 19.3 Å². The van der Waals surface area contributed by atoms with Crippen LogP contribution in [0.1, 0.15) is 64.9 Å². The third-order valence-electron chi connectivity index (χ3n) is 5.60. The van der Waals surface area contributed by atoms with E-state index >= 15 is 0 Å². The number of quaternary nitrogens is 1. The van der Waals surface area contributed by atoms with Crippen LogP contribution in [0.25, 0.3) is 0 Å². The van der Waals surface area contributed by atoms with Crippen LogP contribution in [0.2, 0.25) is 0 Å². The largest absolute Gasteiger partial charge is 0.458 e. The van der Waals surface area contributed by atoms with Crippen LogP contribution in [0.4, 0.5) is 0 Å². The van der Waals surface area contributed by atoms with E-state index in [1.54, 1.807) is 27.8 Å². The van der Waals surface area contributed by atoms with Gasteiger partial charge in [-0.2, -0.15) is 4.65 Å². The lowest BCUT2D eigenvalue weighted by molar-refractivity contribution is -1.08. The molecule has 0 radical (unpaired) electrons. The first-order valence-electron chi connectivity index (χ1n) is 10.8. The van der Waals surface area contributed by atoms with E-state index in [-0.39, 0.29) is 23.0 Å². The fraction of sp³-hybridized carbons (Fsp3) is 0.583. The first-order valence-corrected chi connectivity index (χ1v) is 10.8. The van der Waals surface area contributed by atoms with Crippen LogP contribution in [0, 0.1) is 0 Å². The van der Waals surface area contributed by atoms with Crippen molar-refractivity contribution in [3.8, 4) is 0 Å². The van der Waals surface area contributed by atoms with E-state index in [2.05, 4.69) is 11.9 Å². The minimum Gasteiger partial charge on any atom is -0.458 e. The highest BCUT2D eigenvalue weighted by molar-refractivity contribution is 5.85. The van der Waals surface area contributed by atoms with E-state index < -0.39 is 17.6 Å². The van der Waals surface area contributed by atoms with Gasteiger partial charge in [-0.1, -0.05) is 36.8 Å². The molecule has 0 spiro atoms. The molecule has 1 aliphatic rings. The topological polar surface area (TPSA) is 75.6 Å². The lowest BCUT2D eigenvalue weighted by Crippen LogP contribution is -2.51. The summed E-state index contributed by atoms with van der Waals surface area (Å²) in [6, 6.07) is 8.76. The Bertz CT molecular complexity index is 731. The Labute approximate surface area is 180 Å². The molecule has 166 valence electrons. The van der Waals surface area contributed by atoms with E-state index in [1.807, 2.05) is 30.3 Å². The van der Waals surface area contributed by atoms with Crippen molar-refractivity contribution in [2.45, 2.75) is 83.4 Å². The molecule has 1 amide bonds. The van der Waals surface area contributed by atoms with Crippen molar-refractivity contribution >= 4 is 11.9 Å². The molecule has 2 N–H and O–H groups in total. The molecule has 6 nitrogen and oxygen atoms in total. The van der Waals surface area contributed by atoms with Gasteiger partial charge in [-0.3, -0.25) is 4.79 Å². The Balaban J connectivity index is 2.05. The molecule has 2 atom stereocenters. The van der Waals surface area contributed by atoms with Crippen molar-refractivity contribution in [2.24, 2.45) is 0 Å². The molecule has 0 heterocycles. The zero-order valence-corrected chi connectivity index (χ0v) is 18.8. The summed E-state index contributed by atoms with van der Waals surface area (Å²) in [6.07, 6.45) is 5.47. The van der Waals surface area contributed by atoms with Crippen LogP contribution < -0.4 is 5.32 Å². The quantitative estimate of drug-likeness (QED) is 0.379. The second-order valence-corrected chi connectivity index (χ2v) is 9.40. The van der Waals surface area contributed by atoms with Crippen molar-refractivity contribution < 1.29 is 24.2 Å². The number of benzene rings is 1. The van der Waals surface area contributed by atoms with Crippen LogP contribution in [-0.2, 0) is 20.7 Å². The number of carbonyl (C=O) groups excluding carboxylic acids is 2. The number of nitrogens with one attached hydrogen (secondary N) is 1. The smallest absolute Gasteiger partial charge is 0.329 e. The molecule has 0 bridgehead atoms. The van der Waals surface area contributed by atoms with Gasteiger partial charge in [-0.15, -0.1) is 0 Å². The van der Waals surface area contributed by atoms with Gasteiger partial charge in [0.15, 0.2) is 0 Å². The molecule has 1 aromatic carbocycles. The fourth-order valence-corrected chi connectivity index (χ4v) is 3.85. The lowest BCUT2D eigenvalue weighted by Gasteiger charge is -2.36. The van der Waals surface area contributed by atoms with Gasteiger partial charge in [0.2, 0.25) is 5.91 Å². The van der Waals surface area contributed by atoms with Crippen molar-refractivity contribution in [2.75, 3.05) is 7.05 Å². The zero-order chi connectivity index (χ0) is 22.4. The summed E-state index contributed by atoms with van der Waals surface area (Å²) in [4.78, 5) is 25.5. The van der Waals surface area contributed by atoms with Gasteiger partial charge in [0.1, 0.15) is 36.9 Å². The average molecular weight is 418 g/mol. The highest BCUT2D eigenvalue weighted by Gasteiger charge is 2.37. The molecule has 1 unspecified atom stereocenters. The van der Waals surface area contributed by atoms with Crippen LogP contribution in [0.5, 0.6) is 0 Å². The van der Waals surface area contributed by atoms with Gasteiger partial charge in [-0.05, 0) is 45.8 Å². The zero-order valence-electron chi connectivity index (χ0n) is 18.8. The van der Waals surface area contributed by atoms with Crippen LogP contribution in [0.15, 0.2) is 42.6 Å². The van der Waals surface area contributed by atoms with E-state index in [1.165, 1.54) is 6.42 Å². The molecule has 2 rings (SSSR count). The van der Waals surface area contributed by atoms with Gasteiger partial charge in [0.25, 0.3) is 0 Å². The van der Waals surface area contributed by atoms with Gasteiger partial charge >= 0.3 is 5.97 Å². The molecule has 0 aromatic heterocycles. The third kappa shape index (κ3) is 7.26. The summed E-state index contributed by atoms with van der Waals surface area (Å²) in [5.41, 5.74) is 0.710. The number of hydrogen-bond donors (Lipinski definition) is 2. The molecular weight excluding hydrogens is 380 g/mol. The highest BCUT2D eigenvalue weighted by Crippen LogP contribution is 2.29. The maximum absolute atomic E-state index is 12.8. The monoisotopic (exact) mass is 417 g/mol. The molecule has 1 aromatic rings. The maximum atomic E-state index is 12.8. The van der Waals surface area contributed by atoms with Gasteiger partial charge in [0.05, 0.1) is 0 Å². The number of esters is 1. The first-order chi connectivity index (χ1) is 14.0. The van der Waals surface area contributed by atoms with E-state index in [0.717, 1.165) is 31.2 Å². The van der Waals surface area contributed by atoms with Gasteiger partial charge in [-0.25, -0.2) is 10.0 Å². The summed E-state index contributed by atoms with van der Waals surface area (Å²) in [7, 11) is 1.70. The molecule has 30 heavy (non-hydrogen) atoms. The second-order valence-electron chi connectivity index (χ2n) is 9.40. The Hall–Kier alpha value is -2.18. The predicted octanol–water partition coefficient (Wildman–Crippen LogP) is 4.13. The molecule has 0 saturated heterocycles. The highest BCUT2D eigenvalue weighted by atomic mass is 16.6. The van der Waals surface area contributed by atoms with Crippen molar-refractivity contribution in [1.29, 1.82) is 0 Å². The van der Waals surface area contributed by atoms with Crippen molar-refractivity contribution in [3.63, 3.8) is 0 Å². The third-order valence-corrected chi connectivity index (χ3v) is 5.60. The summed E-state index contributed by atoms with van der Waals surface area (Å²) in [5, 5.41) is 13.8. The number of hydroxylamine groups is 3. The minimum absolute atomic E-state index is 0.0441. The number of ether oxygens (including phenoxy) is 1. The fourth-order valence-electron chi connectivity index (χ4n) is 3.85. The summed E-state index contributed by atoms with van der Waals surface area (Å²) >= 11 is 0. The maximum Gasteiger partial charge on any atom is 0.329 e. The standard InChI is InChI=1S/C24H36N2O4/c1-18(26(5,29)20-14-10-7-11-15-20)16-22(27)25-21(23(28)30-24(2,3)4)17-19-12-8-6-9-13-19/h6,8-9,12-13,20-21,29H,1,7,10-11,14-17H2,2-5H3/p+1/t21-,26?/m0/s1. The van der Waals surface area contributed by atoms with Crippen LogP contribution >= 0.6 is 0 Å². The lowest BCUT2D eigenvalue weighted by atomic mass is 9.93. The van der Waals surface area contributed by atoms with E-state index in [4.69, 9.17) is 4.74 Å². The Morgan fingerprint density at radius 1 is 1.20 bits per heavy atom. The molecule has 6 heteroatoms.